The fourth-order valence-electron chi connectivity index (χ4n) is 3.52. The lowest BCUT2D eigenvalue weighted by molar-refractivity contribution is -0.140. The highest BCUT2D eigenvalue weighted by Gasteiger charge is 2.13. The quantitative estimate of drug-likeness (QED) is 0.290. The number of benzene rings is 3. The molecule has 4 heteroatoms. The zero-order chi connectivity index (χ0) is 21.6. The van der Waals surface area contributed by atoms with E-state index in [1.54, 1.807) is 11.3 Å². The molecule has 1 heterocycles. The summed E-state index contributed by atoms with van der Waals surface area (Å²) in [6.07, 6.45) is 1.06. The molecule has 0 atom stereocenters. The van der Waals surface area contributed by atoms with Crippen molar-refractivity contribution >= 4 is 34.4 Å². The normalized spacial score (nSPS) is 10.6. The highest BCUT2D eigenvalue weighted by molar-refractivity contribution is 7.13. The molecule has 0 saturated carbocycles. The molecule has 0 unspecified atom stereocenters. The van der Waals surface area contributed by atoms with Gasteiger partial charge in [0.1, 0.15) is 0 Å². The minimum atomic E-state index is -0.184. The molecule has 0 aliphatic carbocycles. The van der Waals surface area contributed by atoms with Crippen molar-refractivity contribution in [3.63, 3.8) is 0 Å². The lowest BCUT2D eigenvalue weighted by Gasteiger charge is -2.26. The van der Waals surface area contributed by atoms with Crippen molar-refractivity contribution < 1.29 is 9.53 Å². The molecule has 0 radical (unpaired) electrons. The number of hydrogen-bond donors (Lipinski definition) is 0. The number of carbonyl (C=O) groups excluding carboxylic acids is 1. The Bertz CT molecular complexity index is 1120. The van der Waals surface area contributed by atoms with Crippen molar-refractivity contribution in [1.29, 1.82) is 0 Å². The third-order valence-electron chi connectivity index (χ3n) is 5.26. The molecule has 0 spiro atoms. The molecule has 0 N–H and O–H groups in total. The van der Waals surface area contributed by atoms with Gasteiger partial charge in [0.2, 0.25) is 0 Å². The van der Waals surface area contributed by atoms with E-state index in [2.05, 4.69) is 102 Å². The zero-order valence-corrected chi connectivity index (χ0v) is 18.6. The van der Waals surface area contributed by atoms with Gasteiger partial charge >= 0.3 is 5.97 Å². The van der Waals surface area contributed by atoms with Crippen molar-refractivity contribution in [3.05, 3.63) is 101 Å². The fraction of sp³-hybridized carbons (Fsp3) is 0.148. The number of ether oxygens (including phenoxy) is 1. The van der Waals surface area contributed by atoms with Crippen LogP contribution in [0.1, 0.15) is 17.5 Å². The molecule has 3 nitrogen and oxygen atoms in total. The summed E-state index contributed by atoms with van der Waals surface area (Å²) in [6.45, 7) is 2.10. The van der Waals surface area contributed by atoms with Crippen molar-refractivity contribution in [2.75, 3.05) is 12.0 Å². The van der Waals surface area contributed by atoms with Crippen LogP contribution in [0.15, 0.2) is 90.3 Å². The first-order valence-electron chi connectivity index (χ1n) is 10.3. The van der Waals surface area contributed by atoms with E-state index in [1.165, 1.54) is 23.1 Å². The SMILES string of the molecule is COC(=O)CCc1ccc(N(c2ccc(C)cc2)c2ccc(-c3cccs3)cc2)cc1. The Kier molecular flexibility index (Phi) is 6.48. The molecule has 0 bridgehead atoms. The van der Waals surface area contributed by atoms with Crippen LogP contribution in [0.25, 0.3) is 10.4 Å². The summed E-state index contributed by atoms with van der Waals surface area (Å²) in [4.78, 5) is 15.0. The standard InChI is InChI=1S/C27H25NO2S/c1-20-5-12-23(13-6-20)28(24-14-7-21(8-15-24)9-18-27(29)30-2)25-16-10-22(11-17-25)26-4-3-19-31-26/h3-8,10-17,19H,9,18H2,1-2H3. The van der Waals surface area contributed by atoms with Gasteiger partial charge in [-0.05, 0) is 72.3 Å². The summed E-state index contributed by atoms with van der Waals surface area (Å²) < 4.78 is 4.75. The molecule has 4 aromatic rings. The predicted octanol–water partition coefficient (Wildman–Crippen LogP) is 7.30. The molecule has 4 rings (SSSR count). The van der Waals surface area contributed by atoms with E-state index in [-0.39, 0.29) is 5.97 Å². The van der Waals surface area contributed by atoms with Gasteiger partial charge in [0.05, 0.1) is 7.11 Å². The average Bonchev–Trinajstić information content (AvgIpc) is 3.35. The van der Waals surface area contributed by atoms with Crippen molar-refractivity contribution in [2.24, 2.45) is 0 Å². The average molecular weight is 428 g/mol. The molecule has 0 amide bonds. The summed E-state index contributed by atoms with van der Waals surface area (Å²) in [5.74, 6) is -0.184. The maximum Gasteiger partial charge on any atom is 0.305 e. The zero-order valence-electron chi connectivity index (χ0n) is 17.7. The third kappa shape index (κ3) is 5.04. The number of methoxy groups -OCH3 is 1. The Balaban J connectivity index is 1.65. The number of hydrogen-bond acceptors (Lipinski definition) is 4. The number of thiophene rings is 1. The lowest BCUT2D eigenvalue weighted by Crippen LogP contribution is -2.10. The van der Waals surface area contributed by atoms with Crippen LogP contribution >= 0.6 is 11.3 Å². The largest absolute Gasteiger partial charge is 0.469 e. The summed E-state index contributed by atoms with van der Waals surface area (Å²) >= 11 is 1.75. The minimum absolute atomic E-state index is 0.184. The summed E-state index contributed by atoms with van der Waals surface area (Å²) in [5.41, 5.74) is 6.86. The molecule has 0 fully saturated rings. The molecule has 31 heavy (non-hydrogen) atoms. The van der Waals surface area contributed by atoms with Gasteiger partial charge in [-0.15, -0.1) is 11.3 Å². The van der Waals surface area contributed by atoms with E-state index < -0.39 is 0 Å². The number of rotatable bonds is 7. The van der Waals surface area contributed by atoms with Crippen LogP contribution in [-0.2, 0) is 16.0 Å². The molecule has 3 aromatic carbocycles. The second-order valence-corrected chi connectivity index (χ2v) is 8.39. The number of carbonyl (C=O) groups is 1. The van der Waals surface area contributed by atoms with Gasteiger partial charge < -0.3 is 9.64 Å². The highest BCUT2D eigenvalue weighted by Crippen LogP contribution is 2.36. The summed E-state index contributed by atoms with van der Waals surface area (Å²) in [5, 5.41) is 2.10. The number of esters is 1. The van der Waals surface area contributed by atoms with Gasteiger partial charge in [-0.25, -0.2) is 0 Å². The smallest absolute Gasteiger partial charge is 0.305 e. The molecule has 0 aliphatic rings. The van der Waals surface area contributed by atoms with Crippen LogP contribution in [0.3, 0.4) is 0 Å². The van der Waals surface area contributed by atoms with Gasteiger partial charge in [-0.3, -0.25) is 4.79 Å². The van der Waals surface area contributed by atoms with Gasteiger partial charge in [0.15, 0.2) is 0 Å². The van der Waals surface area contributed by atoms with Crippen molar-refractivity contribution in [2.45, 2.75) is 19.8 Å². The highest BCUT2D eigenvalue weighted by atomic mass is 32.1. The van der Waals surface area contributed by atoms with E-state index in [0.29, 0.717) is 12.8 Å². The third-order valence-corrected chi connectivity index (χ3v) is 6.18. The molecular weight excluding hydrogens is 402 g/mol. The van der Waals surface area contributed by atoms with Crippen LogP contribution < -0.4 is 4.90 Å². The first kappa shape index (κ1) is 20.9. The van der Waals surface area contributed by atoms with E-state index in [1.807, 2.05) is 0 Å². The maximum absolute atomic E-state index is 11.4. The van der Waals surface area contributed by atoms with E-state index in [0.717, 1.165) is 22.6 Å². The monoisotopic (exact) mass is 427 g/mol. The second kappa shape index (κ2) is 9.63. The minimum Gasteiger partial charge on any atom is -0.469 e. The Morgan fingerprint density at radius 1 is 0.839 bits per heavy atom. The maximum atomic E-state index is 11.4. The second-order valence-electron chi connectivity index (χ2n) is 7.44. The number of anilines is 3. The molecule has 156 valence electrons. The molecule has 0 aliphatic heterocycles. The van der Waals surface area contributed by atoms with Crippen molar-refractivity contribution in [3.8, 4) is 10.4 Å². The number of nitrogens with zero attached hydrogens (tertiary/aromatic N) is 1. The number of aryl methyl sites for hydroxylation is 2. The first-order valence-corrected chi connectivity index (χ1v) is 11.2. The topological polar surface area (TPSA) is 29.5 Å². The van der Waals surface area contributed by atoms with E-state index in [4.69, 9.17) is 4.74 Å². The fourth-order valence-corrected chi connectivity index (χ4v) is 4.25. The van der Waals surface area contributed by atoms with Gasteiger partial charge in [-0.1, -0.05) is 48.0 Å². The van der Waals surface area contributed by atoms with Crippen LogP contribution in [-0.4, -0.2) is 13.1 Å². The van der Waals surface area contributed by atoms with Crippen LogP contribution in [0, 0.1) is 6.92 Å². The van der Waals surface area contributed by atoms with Crippen LogP contribution in [0.2, 0.25) is 0 Å². The Hall–Kier alpha value is -3.37. The van der Waals surface area contributed by atoms with Gasteiger partial charge in [0, 0.05) is 28.4 Å². The molecular formula is C27H25NO2S. The molecule has 1 aromatic heterocycles. The summed E-state index contributed by atoms with van der Waals surface area (Å²) in [7, 11) is 1.43. The Morgan fingerprint density at radius 3 is 1.97 bits per heavy atom. The Labute approximate surface area is 187 Å². The summed E-state index contributed by atoms with van der Waals surface area (Å²) in [6, 6.07) is 29.8. The molecule has 0 saturated heterocycles. The van der Waals surface area contributed by atoms with E-state index >= 15 is 0 Å². The Morgan fingerprint density at radius 2 is 1.42 bits per heavy atom. The first-order chi connectivity index (χ1) is 15.1. The van der Waals surface area contributed by atoms with E-state index in [9.17, 15) is 4.79 Å². The van der Waals surface area contributed by atoms with Crippen LogP contribution in [0.5, 0.6) is 0 Å². The lowest BCUT2D eigenvalue weighted by atomic mass is 10.1. The predicted molar refractivity (Wildman–Crippen MR) is 130 cm³/mol. The van der Waals surface area contributed by atoms with Gasteiger partial charge in [0.25, 0.3) is 0 Å². The van der Waals surface area contributed by atoms with Crippen LogP contribution in [0.4, 0.5) is 17.1 Å². The van der Waals surface area contributed by atoms with Gasteiger partial charge in [-0.2, -0.15) is 0 Å². The van der Waals surface area contributed by atoms with Crippen molar-refractivity contribution in [1.82, 2.24) is 0 Å².